The van der Waals surface area contributed by atoms with Gasteiger partial charge in [0.25, 0.3) is 5.91 Å². The quantitative estimate of drug-likeness (QED) is 0.412. The Labute approximate surface area is 181 Å². The molecule has 0 unspecified atom stereocenters. The van der Waals surface area contributed by atoms with Gasteiger partial charge in [-0.25, -0.2) is 4.79 Å². The van der Waals surface area contributed by atoms with E-state index in [1.54, 1.807) is 24.3 Å². The number of aryl methyl sites for hydroxylation is 2. The predicted molar refractivity (Wildman–Crippen MR) is 123 cm³/mol. The number of rotatable bonds is 5. The van der Waals surface area contributed by atoms with Gasteiger partial charge in [-0.2, -0.15) is 0 Å². The zero-order chi connectivity index (χ0) is 21.8. The molecule has 0 saturated carbocycles. The van der Waals surface area contributed by atoms with Gasteiger partial charge in [0.1, 0.15) is 0 Å². The Morgan fingerprint density at radius 3 is 2.26 bits per heavy atom. The Hall–Kier alpha value is -3.92. The molecule has 1 N–H and O–H groups in total. The number of benzene rings is 4. The van der Waals surface area contributed by atoms with E-state index < -0.39 is 18.0 Å². The molecule has 4 nitrogen and oxygen atoms in total. The maximum atomic E-state index is 13.2. The predicted octanol–water partition coefficient (Wildman–Crippen LogP) is 5.99. The summed E-state index contributed by atoms with van der Waals surface area (Å²) in [5, 5.41) is 4.89. The van der Waals surface area contributed by atoms with Crippen LogP contribution in [-0.2, 0) is 9.53 Å². The minimum atomic E-state index is -1.07. The molecule has 1 atom stereocenters. The number of esters is 1. The summed E-state index contributed by atoms with van der Waals surface area (Å²) in [6.45, 7) is 3.89. The lowest BCUT2D eigenvalue weighted by Crippen LogP contribution is -2.26. The maximum absolute atomic E-state index is 13.2. The molecule has 0 aliphatic heterocycles. The van der Waals surface area contributed by atoms with Crippen LogP contribution >= 0.6 is 0 Å². The van der Waals surface area contributed by atoms with E-state index in [4.69, 9.17) is 4.74 Å². The minimum absolute atomic E-state index is 0.394. The van der Waals surface area contributed by atoms with Crippen LogP contribution in [0.25, 0.3) is 10.8 Å². The van der Waals surface area contributed by atoms with Crippen molar-refractivity contribution in [1.82, 2.24) is 0 Å². The number of hydrogen-bond acceptors (Lipinski definition) is 3. The molecule has 0 aliphatic rings. The average Bonchev–Trinajstić information content (AvgIpc) is 2.80. The molecule has 0 radical (unpaired) electrons. The number of fused-ring (bicyclic) bond motifs is 1. The molecule has 4 heteroatoms. The molecule has 31 heavy (non-hydrogen) atoms. The van der Waals surface area contributed by atoms with Crippen molar-refractivity contribution in [2.75, 3.05) is 5.32 Å². The number of amides is 1. The fourth-order valence-electron chi connectivity index (χ4n) is 3.46. The van der Waals surface area contributed by atoms with E-state index in [1.807, 2.05) is 80.6 Å². The van der Waals surface area contributed by atoms with Gasteiger partial charge in [-0.15, -0.1) is 0 Å². The van der Waals surface area contributed by atoms with Crippen LogP contribution in [0.1, 0.15) is 33.2 Å². The fraction of sp³-hybridized carbons (Fsp3) is 0.111. The average molecular weight is 409 g/mol. The third kappa shape index (κ3) is 4.64. The molecule has 0 heterocycles. The first-order valence-electron chi connectivity index (χ1n) is 10.1. The smallest absolute Gasteiger partial charge is 0.339 e. The van der Waals surface area contributed by atoms with Gasteiger partial charge in [0, 0.05) is 11.3 Å². The van der Waals surface area contributed by atoms with Crippen molar-refractivity contribution in [3.63, 3.8) is 0 Å². The first-order valence-corrected chi connectivity index (χ1v) is 10.1. The summed E-state index contributed by atoms with van der Waals surface area (Å²) in [5.41, 5.74) is 3.68. The fourth-order valence-corrected chi connectivity index (χ4v) is 3.46. The number of hydrogen-bond donors (Lipinski definition) is 1. The van der Waals surface area contributed by atoms with Gasteiger partial charge in [0.15, 0.2) is 0 Å². The molecular formula is C27H23NO3. The van der Waals surface area contributed by atoms with E-state index >= 15 is 0 Å². The number of anilines is 1. The second-order valence-electron chi connectivity index (χ2n) is 7.57. The van der Waals surface area contributed by atoms with Crippen LogP contribution in [-0.4, -0.2) is 11.9 Å². The zero-order valence-corrected chi connectivity index (χ0v) is 17.5. The SMILES string of the molecule is Cc1ccc(C)c(NC(=O)[C@@H](OC(=O)c2ccc3ccccc3c2)c2ccccc2)c1. The highest BCUT2D eigenvalue weighted by molar-refractivity contribution is 6.00. The summed E-state index contributed by atoms with van der Waals surface area (Å²) in [7, 11) is 0. The molecule has 0 bridgehead atoms. The van der Waals surface area contributed by atoms with Crippen molar-refractivity contribution in [2.24, 2.45) is 0 Å². The van der Waals surface area contributed by atoms with Gasteiger partial charge in [0.05, 0.1) is 5.56 Å². The highest BCUT2D eigenvalue weighted by Crippen LogP contribution is 2.25. The second-order valence-corrected chi connectivity index (χ2v) is 7.57. The van der Waals surface area contributed by atoms with Gasteiger partial charge >= 0.3 is 5.97 Å². The molecule has 4 aromatic rings. The van der Waals surface area contributed by atoms with E-state index in [2.05, 4.69) is 5.32 Å². The van der Waals surface area contributed by atoms with Crippen molar-refractivity contribution in [3.05, 3.63) is 113 Å². The molecule has 4 aromatic carbocycles. The van der Waals surface area contributed by atoms with E-state index in [9.17, 15) is 9.59 Å². The summed E-state index contributed by atoms with van der Waals surface area (Å²) in [5.74, 6) is -0.940. The van der Waals surface area contributed by atoms with E-state index in [1.165, 1.54) is 0 Å². The first-order chi connectivity index (χ1) is 15.0. The largest absolute Gasteiger partial charge is 0.444 e. The summed E-state index contributed by atoms with van der Waals surface area (Å²) in [6, 6.07) is 28.0. The summed E-state index contributed by atoms with van der Waals surface area (Å²) in [4.78, 5) is 26.1. The number of nitrogens with one attached hydrogen (secondary N) is 1. The standard InChI is InChI=1S/C27H23NO3/c1-18-12-13-19(2)24(16-18)28-26(29)25(21-9-4-3-5-10-21)31-27(30)23-15-14-20-8-6-7-11-22(20)17-23/h3-17,25H,1-2H3,(H,28,29)/t25-/m0/s1. The van der Waals surface area contributed by atoms with Gasteiger partial charge in [-0.1, -0.05) is 72.8 Å². The number of carbonyl (C=O) groups excluding carboxylic acids is 2. The molecule has 0 fully saturated rings. The van der Waals surface area contributed by atoms with Gasteiger partial charge < -0.3 is 10.1 Å². The molecule has 0 spiro atoms. The van der Waals surface area contributed by atoms with E-state index in [-0.39, 0.29) is 0 Å². The monoisotopic (exact) mass is 409 g/mol. The topological polar surface area (TPSA) is 55.4 Å². The molecular weight excluding hydrogens is 386 g/mol. The van der Waals surface area contributed by atoms with Crippen LogP contribution in [0, 0.1) is 13.8 Å². The lowest BCUT2D eigenvalue weighted by Gasteiger charge is -2.19. The van der Waals surface area contributed by atoms with Crippen molar-refractivity contribution in [2.45, 2.75) is 20.0 Å². The third-order valence-electron chi connectivity index (χ3n) is 5.20. The van der Waals surface area contributed by atoms with Crippen LogP contribution in [0.2, 0.25) is 0 Å². The second kappa shape index (κ2) is 8.84. The van der Waals surface area contributed by atoms with Gasteiger partial charge in [-0.05, 0) is 53.9 Å². The molecule has 4 rings (SSSR count). The Morgan fingerprint density at radius 2 is 1.48 bits per heavy atom. The normalized spacial score (nSPS) is 11.7. The van der Waals surface area contributed by atoms with Crippen LogP contribution in [0.3, 0.4) is 0 Å². The van der Waals surface area contributed by atoms with E-state index in [0.29, 0.717) is 16.8 Å². The lowest BCUT2D eigenvalue weighted by atomic mass is 10.1. The van der Waals surface area contributed by atoms with Crippen molar-refractivity contribution >= 4 is 28.3 Å². The highest BCUT2D eigenvalue weighted by Gasteiger charge is 2.26. The molecule has 1 amide bonds. The highest BCUT2D eigenvalue weighted by atomic mass is 16.5. The molecule has 0 aromatic heterocycles. The zero-order valence-electron chi connectivity index (χ0n) is 17.5. The molecule has 154 valence electrons. The summed E-state index contributed by atoms with van der Waals surface area (Å²) < 4.78 is 5.72. The maximum Gasteiger partial charge on any atom is 0.339 e. The van der Waals surface area contributed by atoms with Crippen molar-refractivity contribution < 1.29 is 14.3 Å². The van der Waals surface area contributed by atoms with Gasteiger partial charge in [-0.3, -0.25) is 4.79 Å². The number of carbonyl (C=O) groups is 2. The van der Waals surface area contributed by atoms with E-state index in [0.717, 1.165) is 21.9 Å². The lowest BCUT2D eigenvalue weighted by molar-refractivity contribution is -0.125. The third-order valence-corrected chi connectivity index (χ3v) is 5.20. The van der Waals surface area contributed by atoms with Crippen LogP contribution < -0.4 is 5.32 Å². The Bertz CT molecular complexity index is 1250. The van der Waals surface area contributed by atoms with Crippen molar-refractivity contribution in [3.8, 4) is 0 Å². The Balaban J connectivity index is 1.62. The molecule has 0 saturated heterocycles. The Morgan fingerprint density at radius 1 is 0.774 bits per heavy atom. The summed E-state index contributed by atoms with van der Waals surface area (Å²) >= 11 is 0. The minimum Gasteiger partial charge on any atom is -0.444 e. The van der Waals surface area contributed by atoms with Crippen LogP contribution in [0.4, 0.5) is 5.69 Å². The Kier molecular flexibility index (Phi) is 5.80. The van der Waals surface area contributed by atoms with Crippen molar-refractivity contribution in [1.29, 1.82) is 0 Å². The summed E-state index contributed by atoms with van der Waals surface area (Å²) in [6.07, 6.45) is -1.07. The molecule has 0 aliphatic carbocycles. The van der Waals surface area contributed by atoms with Gasteiger partial charge in [0.2, 0.25) is 6.10 Å². The van der Waals surface area contributed by atoms with Crippen LogP contribution in [0.5, 0.6) is 0 Å². The first kappa shape index (κ1) is 20.4. The van der Waals surface area contributed by atoms with Crippen LogP contribution in [0.15, 0.2) is 91.0 Å². The number of ether oxygens (including phenoxy) is 1.